The van der Waals surface area contributed by atoms with Crippen LogP contribution in [0.1, 0.15) is 25.3 Å². The first kappa shape index (κ1) is 21.5. The van der Waals surface area contributed by atoms with E-state index in [1.54, 1.807) is 0 Å². The van der Waals surface area contributed by atoms with Gasteiger partial charge >= 0.3 is 5.97 Å². The molecule has 4 heteroatoms. The van der Waals surface area contributed by atoms with Crippen molar-refractivity contribution in [3.63, 3.8) is 0 Å². The monoisotopic (exact) mass is 417 g/mol. The van der Waals surface area contributed by atoms with Crippen LogP contribution in [0.25, 0.3) is 21.9 Å². The fraction of sp³-hybridized carbons (Fsp3) is 0.370. The van der Waals surface area contributed by atoms with Crippen molar-refractivity contribution < 1.29 is 14.3 Å². The molecule has 31 heavy (non-hydrogen) atoms. The van der Waals surface area contributed by atoms with E-state index in [9.17, 15) is 4.79 Å². The molecule has 0 saturated carbocycles. The highest BCUT2D eigenvalue weighted by Gasteiger charge is 2.26. The van der Waals surface area contributed by atoms with E-state index in [0.717, 1.165) is 32.5 Å². The van der Waals surface area contributed by atoms with Gasteiger partial charge in [0, 0.05) is 13.1 Å². The second-order valence-corrected chi connectivity index (χ2v) is 8.13. The minimum Gasteiger partial charge on any atom is -0.466 e. The highest BCUT2D eigenvalue weighted by molar-refractivity contribution is 5.98. The Hall–Kier alpha value is -2.69. The van der Waals surface area contributed by atoms with Crippen molar-refractivity contribution in [2.24, 2.45) is 5.92 Å². The lowest BCUT2D eigenvalue weighted by molar-refractivity contribution is -0.150. The van der Waals surface area contributed by atoms with E-state index in [2.05, 4.69) is 65.6 Å². The molecule has 0 aromatic heterocycles. The summed E-state index contributed by atoms with van der Waals surface area (Å²) in [5, 5.41) is 2.49. The van der Waals surface area contributed by atoms with Gasteiger partial charge in [-0.1, -0.05) is 66.7 Å². The maximum Gasteiger partial charge on any atom is 0.310 e. The molecule has 0 bridgehead atoms. The summed E-state index contributed by atoms with van der Waals surface area (Å²) in [4.78, 5) is 14.4. The van der Waals surface area contributed by atoms with Crippen LogP contribution in [-0.2, 0) is 20.9 Å². The van der Waals surface area contributed by atoms with Gasteiger partial charge in [0.05, 0.1) is 25.7 Å². The van der Waals surface area contributed by atoms with Crippen LogP contribution in [-0.4, -0.2) is 43.7 Å². The van der Waals surface area contributed by atoms with Crippen LogP contribution in [0, 0.1) is 5.92 Å². The first-order valence-electron chi connectivity index (χ1n) is 11.3. The van der Waals surface area contributed by atoms with Crippen LogP contribution in [0.4, 0.5) is 0 Å². The van der Waals surface area contributed by atoms with E-state index in [1.165, 1.54) is 27.5 Å². The third-order valence-electron chi connectivity index (χ3n) is 6.01. The second-order valence-electron chi connectivity index (χ2n) is 8.13. The quantitative estimate of drug-likeness (QED) is 0.368. The lowest BCUT2D eigenvalue weighted by atomic mass is 9.93. The standard InChI is InChI=1S/C27H31NO3/c1-2-31-27(29)23-12-8-16-28(19-23)17-18-30-20-24-15-14-21-9-6-7-13-25(21)26(24)22-10-4-3-5-11-22/h3-7,9-11,13-15,23H,2,8,12,16-20H2,1H3/t23-/m1/s1. The maximum atomic E-state index is 12.1. The fourth-order valence-electron chi connectivity index (χ4n) is 4.47. The van der Waals surface area contributed by atoms with Gasteiger partial charge in [-0.05, 0) is 53.8 Å². The molecule has 162 valence electrons. The summed E-state index contributed by atoms with van der Waals surface area (Å²) in [5.74, 6) is -0.0596. The van der Waals surface area contributed by atoms with Gasteiger partial charge in [-0.3, -0.25) is 4.79 Å². The third kappa shape index (κ3) is 5.33. The topological polar surface area (TPSA) is 38.8 Å². The van der Waals surface area contributed by atoms with Crippen molar-refractivity contribution >= 4 is 16.7 Å². The van der Waals surface area contributed by atoms with Crippen molar-refractivity contribution in [2.45, 2.75) is 26.4 Å². The Balaban J connectivity index is 1.40. The Morgan fingerprint density at radius 1 is 1.03 bits per heavy atom. The number of hydrogen-bond donors (Lipinski definition) is 0. The van der Waals surface area contributed by atoms with Gasteiger partial charge in [0.25, 0.3) is 0 Å². The van der Waals surface area contributed by atoms with E-state index in [0.29, 0.717) is 19.8 Å². The average molecular weight is 418 g/mol. The number of nitrogens with zero attached hydrogens (tertiary/aromatic N) is 1. The van der Waals surface area contributed by atoms with Gasteiger partial charge in [-0.2, -0.15) is 0 Å². The number of hydrogen-bond acceptors (Lipinski definition) is 4. The maximum absolute atomic E-state index is 12.1. The first-order valence-corrected chi connectivity index (χ1v) is 11.3. The number of carbonyl (C=O) groups is 1. The van der Waals surface area contributed by atoms with Crippen LogP contribution >= 0.6 is 0 Å². The van der Waals surface area contributed by atoms with Gasteiger partial charge in [-0.15, -0.1) is 0 Å². The number of fused-ring (bicyclic) bond motifs is 1. The fourth-order valence-corrected chi connectivity index (χ4v) is 4.47. The van der Waals surface area contributed by atoms with Crippen LogP contribution in [0.2, 0.25) is 0 Å². The first-order chi connectivity index (χ1) is 15.3. The number of esters is 1. The number of ether oxygens (including phenoxy) is 2. The molecule has 0 spiro atoms. The summed E-state index contributed by atoms with van der Waals surface area (Å²) < 4.78 is 11.3. The number of likely N-dealkylation sites (tertiary alicyclic amines) is 1. The van der Waals surface area contributed by atoms with E-state index in [-0.39, 0.29) is 11.9 Å². The zero-order valence-electron chi connectivity index (χ0n) is 18.3. The van der Waals surface area contributed by atoms with Crippen molar-refractivity contribution in [3.05, 3.63) is 72.3 Å². The second kappa shape index (κ2) is 10.6. The Morgan fingerprint density at radius 3 is 2.68 bits per heavy atom. The molecule has 1 heterocycles. The molecule has 1 saturated heterocycles. The van der Waals surface area contributed by atoms with Crippen LogP contribution < -0.4 is 0 Å². The van der Waals surface area contributed by atoms with Crippen molar-refractivity contribution in [2.75, 3.05) is 32.8 Å². The molecule has 0 radical (unpaired) electrons. The minimum absolute atomic E-state index is 0.00105. The molecule has 0 N–H and O–H groups in total. The largest absolute Gasteiger partial charge is 0.466 e. The highest BCUT2D eigenvalue weighted by atomic mass is 16.5. The van der Waals surface area contributed by atoms with Gasteiger partial charge in [0.1, 0.15) is 0 Å². The predicted molar refractivity (Wildman–Crippen MR) is 125 cm³/mol. The Labute approximate surface area is 184 Å². The minimum atomic E-state index is -0.0585. The number of benzene rings is 3. The molecule has 0 unspecified atom stereocenters. The zero-order valence-corrected chi connectivity index (χ0v) is 18.3. The molecule has 4 rings (SSSR count). The molecular weight excluding hydrogens is 386 g/mol. The summed E-state index contributed by atoms with van der Waals surface area (Å²) in [6.45, 7) is 6.17. The summed E-state index contributed by atoms with van der Waals surface area (Å²) in [6.07, 6.45) is 1.96. The summed E-state index contributed by atoms with van der Waals surface area (Å²) >= 11 is 0. The normalized spacial score (nSPS) is 17.0. The van der Waals surface area contributed by atoms with Crippen LogP contribution in [0.3, 0.4) is 0 Å². The molecule has 1 atom stereocenters. The summed E-state index contributed by atoms with van der Waals surface area (Å²) in [5.41, 5.74) is 3.67. The van der Waals surface area contributed by atoms with Crippen molar-refractivity contribution in [1.82, 2.24) is 4.90 Å². The van der Waals surface area contributed by atoms with E-state index in [1.807, 2.05) is 13.0 Å². The SMILES string of the molecule is CCOC(=O)[C@@H]1CCCN(CCOCc2ccc3ccccc3c2-c2ccccc2)C1. The van der Waals surface area contributed by atoms with Crippen molar-refractivity contribution in [1.29, 1.82) is 0 Å². The number of carbonyl (C=O) groups excluding carboxylic acids is 1. The molecule has 3 aromatic rings. The Morgan fingerprint density at radius 2 is 1.84 bits per heavy atom. The molecule has 4 nitrogen and oxygen atoms in total. The van der Waals surface area contributed by atoms with Crippen LogP contribution in [0.5, 0.6) is 0 Å². The van der Waals surface area contributed by atoms with Gasteiger partial charge < -0.3 is 14.4 Å². The van der Waals surface area contributed by atoms with Gasteiger partial charge in [0.15, 0.2) is 0 Å². The van der Waals surface area contributed by atoms with Crippen molar-refractivity contribution in [3.8, 4) is 11.1 Å². The lowest BCUT2D eigenvalue weighted by Crippen LogP contribution is -2.40. The number of piperidine rings is 1. The predicted octanol–water partition coefficient (Wildman–Crippen LogP) is 5.30. The highest BCUT2D eigenvalue weighted by Crippen LogP contribution is 2.32. The smallest absolute Gasteiger partial charge is 0.310 e. The zero-order chi connectivity index (χ0) is 21.5. The van der Waals surface area contributed by atoms with E-state index in [4.69, 9.17) is 9.47 Å². The lowest BCUT2D eigenvalue weighted by Gasteiger charge is -2.31. The van der Waals surface area contributed by atoms with Crippen LogP contribution in [0.15, 0.2) is 66.7 Å². The molecule has 1 aliphatic rings. The Bertz CT molecular complexity index is 1000. The van der Waals surface area contributed by atoms with Gasteiger partial charge in [0.2, 0.25) is 0 Å². The average Bonchev–Trinajstić information content (AvgIpc) is 2.82. The number of rotatable bonds is 8. The molecule has 1 fully saturated rings. The van der Waals surface area contributed by atoms with E-state index < -0.39 is 0 Å². The molecule has 0 aliphatic carbocycles. The molecule has 1 aliphatic heterocycles. The Kier molecular flexibility index (Phi) is 7.34. The van der Waals surface area contributed by atoms with E-state index >= 15 is 0 Å². The molecular formula is C27H31NO3. The van der Waals surface area contributed by atoms with Gasteiger partial charge in [-0.25, -0.2) is 0 Å². The molecule has 0 amide bonds. The summed E-state index contributed by atoms with van der Waals surface area (Å²) in [6, 6.07) is 23.4. The summed E-state index contributed by atoms with van der Waals surface area (Å²) in [7, 11) is 0. The molecule has 3 aromatic carbocycles. The third-order valence-corrected chi connectivity index (χ3v) is 6.01.